The van der Waals surface area contributed by atoms with Gasteiger partial charge in [0.1, 0.15) is 6.23 Å². The van der Waals surface area contributed by atoms with Crippen molar-refractivity contribution in [2.45, 2.75) is 32.4 Å². The van der Waals surface area contributed by atoms with Gasteiger partial charge >= 0.3 is 0 Å². The van der Waals surface area contributed by atoms with Gasteiger partial charge in [0, 0.05) is 7.11 Å². The topological polar surface area (TPSA) is 41.6 Å². The Morgan fingerprint density at radius 1 is 1.50 bits per heavy atom. The summed E-state index contributed by atoms with van der Waals surface area (Å²) in [4.78, 5) is 13.7. The number of rotatable bonds is 5. The molecule has 1 aliphatic rings. The molecule has 1 amide bonds. The molecule has 1 atom stereocenters. The molecule has 4 nitrogen and oxygen atoms in total. The van der Waals surface area contributed by atoms with Crippen LogP contribution < -0.4 is 5.32 Å². The second-order valence-corrected chi connectivity index (χ2v) is 3.68. The molecule has 4 heteroatoms. The van der Waals surface area contributed by atoms with E-state index in [0.717, 1.165) is 19.5 Å². The zero-order chi connectivity index (χ0) is 10.4. The molecule has 0 radical (unpaired) electrons. The fraction of sp³-hybridized carbons (Fsp3) is 0.900. The summed E-state index contributed by atoms with van der Waals surface area (Å²) in [5.74, 6) is 0.0700. The summed E-state index contributed by atoms with van der Waals surface area (Å²) in [7, 11) is 1.62. The van der Waals surface area contributed by atoms with Crippen molar-refractivity contribution in [1.82, 2.24) is 10.2 Å². The molecule has 1 heterocycles. The lowest BCUT2D eigenvalue weighted by Crippen LogP contribution is -2.41. The molecule has 1 saturated heterocycles. The lowest BCUT2D eigenvalue weighted by molar-refractivity contribution is -0.125. The first kappa shape index (κ1) is 11.5. The summed E-state index contributed by atoms with van der Waals surface area (Å²) in [6.07, 6.45) is 3.11. The van der Waals surface area contributed by atoms with Crippen LogP contribution in [0.3, 0.4) is 0 Å². The molecule has 1 unspecified atom stereocenters. The fourth-order valence-electron chi connectivity index (χ4n) is 1.70. The van der Waals surface area contributed by atoms with Crippen molar-refractivity contribution >= 4 is 5.91 Å². The van der Waals surface area contributed by atoms with E-state index in [-0.39, 0.29) is 12.1 Å². The molecule has 0 aromatic carbocycles. The Hall–Kier alpha value is -0.610. The number of likely N-dealkylation sites (tertiary alicyclic amines) is 1. The van der Waals surface area contributed by atoms with Crippen molar-refractivity contribution < 1.29 is 9.53 Å². The Balaban J connectivity index is 2.20. The number of nitrogens with one attached hydrogen (secondary N) is 1. The predicted molar refractivity (Wildman–Crippen MR) is 54.9 cm³/mol. The lowest BCUT2D eigenvalue weighted by atomic mass is 10.4. The maximum absolute atomic E-state index is 11.5. The van der Waals surface area contributed by atoms with Crippen LogP contribution in [0.4, 0.5) is 0 Å². The van der Waals surface area contributed by atoms with Gasteiger partial charge in [0.05, 0.1) is 6.54 Å². The lowest BCUT2D eigenvalue weighted by Gasteiger charge is -2.18. The number of carbonyl (C=O) groups excluding carboxylic acids is 1. The Morgan fingerprint density at radius 3 is 2.64 bits per heavy atom. The number of hydrogen-bond acceptors (Lipinski definition) is 3. The molecule has 0 bridgehead atoms. The predicted octanol–water partition coefficient (Wildman–Crippen LogP) is 0.581. The Kier molecular flexibility index (Phi) is 4.90. The van der Waals surface area contributed by atoms with Gasteiger partial charge in [-0.3, -0.25) is 9.69 Å². The van der Waals surface area contributed by atoms with Gasteiger partial charge in [0.2, 0.25) is 5.91 Å². The van der Waals surface area contributed by atoms with Crippen LogP contribution in [0.2, 0.25) is 0 Å². The van der Waals surface area contributed by atoms with Crippen LogP contribution in [0.25, 0.3) is 0 Å². The molecule has 1 N–H and O–H groups in total. The van der Waals surface area contributed by atoms with Crippen molar-refractivity contribution in [2.24, 2.45) is 0 Å². The number of nitrogens with zero attached hydrogens (tertiary/aromatic N) is 1. The molecule has 0 saturated carbocycles. The van der Waals surface area contributed by atoms with Crippen LogP contribution >= 0.6 is 0 Å². The molecule has 82 valence electrons. The Morgan fingerprint density at radius 2 is 2.14 bits per heavy atom. The van der Waals surface area contributed by atoms with Gasteiger partial charge in [0.25, 0.3) is 0 Å². The van der Waals surface area contributed by atoms with Crippen molar-refractivity contribution in [1.29, 1.82) is 0 Å². The molecular formula is C10H20N2O2. The van der Waals surface area contributed by atoms with Gasteiger partial charge in [-0.05, 0) is 32.4 Å². The third-order valence-electron chi connectivity index (χ3n) is 2.54. The van der Waals surface area contributed by atoms with Gasteiger partial charge in [-0.25, -0.2) is 0 Å². The summed E-state index contributed by atoms with van der Waals surface area (Å²) in [5, 5.41) is 2.84. The van der Waals surface area contributed by atoms with Gasteiger partial charge in [-0.1, -0.05) is 6.92 Å². The number of hydrogen-bond donors (Lipinski definition) is 1. The molecule has 1 fully saturated rings. The highest BCUT2D eigenvalue weighted by Gasteiger charge is 2.16. The molecule has 0 aromatic rings. The van der Waals surface area contributed by atoms with Gasteiger partial charge in [-0.15, -0.1) is 0 Å². The third-order valence-corrected chi connectivity index (χ3v) is 2.54. The van der Waals surface area contributed by atoms with E-state index in [4.69, 9.17) is 4.74 Å². The van der Waals surface area contributed by atoms with Crippen molar-refractivity contribution in [3.05, 3.63) is 0 Å². The maximum atomic E-state index is 11.5. The van der Waals surface area contributed by atoms with Gasteiger partial charge < -0.3 is 10.1 Å². The van der Waals surface area contributed by atoms with Gasteiger partial charge in [0.15, 0.2) is 0 Å². The first-order valence-electron chi connectivity index (χ1n) is 5.30. The Bertz CT molecular complexity index is 169. The summed E-state index contributed by atoms with van der Waals surface area (Å²) in [6, 6.07) is 0. The van der Waals surface area contributed by atoms with E-state index in [1.165, 1.54) is 12.8 Å². The van der Waals surface area contributed by atoms with E-state index in [9.17, 15) is 4.79 Å². The quantitative estimate of drug-likeness (QED) is 0.660. The van der Waals surface area contributed by atoms with E-state index in [0.29, 0.717) is 6.54 Å². The standard InChI is InChI=1S/C10H20N2O2/c1-3-10(14-2)11-9(13)8-12-6-4-5-7-12/h10H,3-8H2,1-2H3,(H,11,13). The van der Waals surface area contributed by atoms with Crippen LogP contribution in [-0.4, -0.2) is 43.8 Å². The third kappa shape index (κ3) is 3.64. The average Bonchev–Trinajstić information content (AvgIpc) is 2.66. The van der Waals surface area contributed by atoms with E-state index in [1.807, 2.05) is 6.92 Å². The molecular weight excluding hydrogens is 180 g/mol. The first-order chi connectivity index (χ1) is 6.76. The first-order valence-corrected chi connectivity index (χ1v) is 5.30. The second-order valence-electron chi connectivity index (χ2n) is 3.68. The molecule has 1 aliphatic heterocycles. The maximum Gasteiger partial charge on any atom is 0.236 e. The zero-order valence-electron chi connectivity index (χ0n) is 9.08. The minimum absolute atomic E-state index is 0.0700. The molecule has 0 aliphatic carbocycles. The minimum atomic E-state index is -0.134. The van der Waals surface area contributed by atoms with E-state index < -0.39 is 0 Å². The van der Waals surface area contributed by atoms with E-state index >= 15 is 0 Å². The summed E-state index contributed by atoms with van der Waals surface area (Å²) >= 11 is 0. The molecule has 0 aromatic heterocycles. The highest BCUT2D eigenvalue weighted by atomic mass is 16.5. The van der Waals surface area contributed by atoms with Crippen LogP contribution in [0.15, 0.2) is 0 Å². The van der Waals surface area contributed by atoms with Crippen LogP contribution in [-0.2, 0) is 9.53 Å². The monoisotopic (exact) mass is 200 g/mol. The van der Waals surface area contributed by atoms with E-state index in [2.05, 4.69) is 10.2 Å². The minimum Gasteiger partial charge on any atom is -0.362 e. The molecule has 14 heavy (non-hydrogen) atoms. The number of amides is 1. The van der Waals surface area contributed by atoms with E-state index in [1.54, 1.807) is 7.11 Å². The van der Waals surface area contributed by atoms with Gasteiger partial charge in [-0.2, -0.15) is 0 Å². The smallest absolute Gasteiger partial charge is 0.236 e. The summed E-state index contributed by atoms with van der Waals surface area (Å²) in [5.41, 5.74) is 0. The van der Waals surface area contributed by atoms with Crippen molar-refractivity contribution in [3.63, 3.8) is 0 Å². The average molecular weight is 200 g/mol. The molecule has 1 rings (SSSR count). The molecule has 0 spiro atoms. The number of methoxy groups -OCH3 is 1. The number of carbonyl (C=O) groups is 1. The van der Waals surface area contributed by atoms with Crippen LogP contribution in [0.5, 0.6) is 0 Å². The van der Waals surface area contributed by atoms with Crippen molar-refractivity contribution in [2.75, 3.05) is 26.7 Å². The largest absolute Gasteiger partial charge is 0.362 e. The summed E-state index contributed by atoms with van der Waals surface area (Å²) < 4.78 is 5.08. The highest BCUT2D eigenvalue weighted by Crippen LogP contribution is 2.06. The van der Waals surface area contributed by atoms with Crippen molar-refractivity contribution in [3.8, 4) is 0 Å². The second kappa shape index (κ2) is 5.98. The Labute approximate surface area is 85.6 Å². The summed E-state index contributed by atoms with van der Waals surface area (Å²) in [6.45, 7) is 4.61. The normalized spacial score (nSPS) is 19.6. The number of ether oxygens (including phenoxy) is 1. The SMILES string of the molecule is CCC(NC(=O)CN1CCCC1)OC. The van der Waals surface area contributed by atoms with Crippen LogP contribution in [0.1, 0.15) is 26.2 Å². The zero-order valence-corrected chi connectivity index (χ0v) is 9.08. The van der Waals surface area contributed by atoms with Crippen LogP contribution in [0, 0.1) is 0 Å². The highest BCUT2D eigenvalue weighted by molar-refractivity contribution is 5.78. The fourth-order valence-corrected chi connectivity index (χ4v) is 1.70.